The van der Waals surface area contributed by atoms with E-state index in [9.17, 15) is 4.79 Å². The SMILES string of the molecule is COc1ccc(C(=O)CCC2CC2)cc1C. The van der Waals surface area contributed by atoms with Crippen LogP contribution in [0.4, 0.5) is 0 Å². The Kier molecular flexibility index (Phi) is 3.28. The van der Waals surface area contributed by atoms with Gasteiger partial charge in [0.05, 0.1) is 7.11 Å². The van der Waals surface area contributed by atoms with Crippen LogP contribution in [0.3, 0.4) is 0 Å². The van der Waals surface area contributed by atoms with Crippen molar-refractivity contribution in [2.24, 2.45) is 5.92 Å². The predicted molar refractivity (Wildman–Crippen MR) is 64.0 cm³/mol. The Morgan fingerprint density at radius 2 is 2.19 bits per heavy atom. The Hall–Kier alpha value is -1.31. The number of ketones is 1. The summed E-state index contributed by atoms with van der Waals surface area (Å²) < 4.78 is 5.18. The highest BCUT2D eigenvalue weighted by Gasteiger charge is 2.22. The van der Waals surface area contributed by atoms with Gasteiger partial charge in [0.1, 0.15) is 5.75 Å². The highest BCUT2D eigenvalue weighted by molar-refractivity contribution is 5.96. The van der Waals surface area contributed by atoms with Gasteiger partial charge < -0.3 is 4.74 Å². The smallest absolute Gasteiger partial charge is 0.162 e. The first-order chi connectivity index (χ1) is 7.70. The fourth-order valence-corrected chi connectivity index (χ4v) is 1.94. The summed E-state index contributed by atoms with van der Waals surface area (Å²) >= 11 is 0. The van der Waals surface area contributed by atoms with Crippen LogP contribution < -0.4 is 4.74 Å². The number of Topliss-reactive ketones (excluding diaryl/α,β-unsaturated/α-hetero) is 1. The van der Waals surface area contributed by atoms with Crippen LogP contribution in [0, 0.1) is 12.8 Å². The van der Waals surface area contributed by atoms with E-state index in [4.69, 9.17) is 4.74 Å². The molecule has 86 valence electrons. The van der Waals surface area contributed by atoms with E-state index in [0.29, 0.717) is 6.42 Å². The van der Waals surface area contributed by atoms with Gasteiger partial charge >= 0.3 is 0 Å². The van der Waals surface area contributed by atoms with Crippen LogP contribution in [0.25, 0.3) is 0 Å². The molecule has 2 heteroatoms. The van der Waals surface area contributed by atoms with E-state index in [1.165, 1.54) is 12.8 Å². The van der Waals surface area contributed by atoms with Gasteiger partial charge in [0, 0.05) is 12.0 Å². The van der Waals surface area contributed by atoms with Gasteiger partial charge in [0.15, 0.2) is 5.78 Å². The second-order valence-corrected chi connectivity index (χ2v) is 4.59. The van der Waals surface area contributed by atoms with Gasteiger partial charge in [-0.25, -0.2) is 0 Å². The quantitative estimate of drug-likeness (QED) is 0.708. The Morgan fingerprint density at radius 3 is 2.75 bits per heavy atom. The van der Waals surface area contributed by atoms with E-state index in [2.05, 4.69) is 0 Å². The molecule has 0 heterocycles. The number of carbonyl (C=O) groups is 1. The van der Waals surface area contributed by atoms with Gasteiger partial charge in [-0.3, -0.25) is 4.79 Å². The molecule has 1 fully saturated rings. The summed E-state index contributed by atoms with van der Waals surface area (Å²) in [6.45, 7) is 1.97. The maximum atomic E-state index is 11.9. The summed E-state index contributed by atoms with van der Waals surface area (Å²) in [4.78, 5) is 11.9. The van der Waals surface area contributed by atoms with E-state index in [-0.39, 0.29) is 5.78 Å². The Labute approximate surface area is 96.6 Å². The zero-order chi connectivity index (χ0) is 11.5. The number of methoxy groups -OCH3 is 1. The molecule has 0 aliphatic heterocycles. The first-order valence-corrected chi connectivity index (χ1v) is 5.88. The van der Waals surface area contributed by atoms with E-state index in [1.807, 2.05) is 25.1 Å². The van der Waals surface area contributed by atoms with Crippen LogP contribution in [0.2, 0.25) is 0 Å². The lowest BCUT2D eigenvalue weighted by atomic mass is 10.0. The molecule has 1 aliphatic carbocycles. The summed E-state index contributed by atoms with van der Waals surface area (Å²) in [7, 11) is 1.65. The fraction of sp³-hybridized carbons (Fsp3) is 0.500. The average molecular weight is 218 g/mol. The molecule has 1 aliphatic rings. The number of ether oxygens (including phenoxy) is 1. The van der Waals surface area contributed by atoms with Crippen LogP contribution in [-0.4, -0.2) is 12.9 Å². The molecule has 1 saturated carbocycles. The van der Waals surface area contributed by atoms with Gasteiger partial charge in [-0.2, -0.15) is 0 Å². The number of aryl methyl sites for hydroxylation is 1. The molecule has 1 aromatic carbocycles. The lowest BCUT2D eigenvalue weighted by Gasteiger charge is -2.06. The van der Waals surface area contributed by atoms with Gasteiger partial charge in [0.25, 0.3) is 0 Å². The first-order valence-electron chi connectivity index (χ1n) is 5.88. The first kappa shape index (κ1) is 11.2. The van der Waals surface area contributed by atoms with Crippen molar-refractivity contribution in [3.8, 4) is 5.75 Å². The number of carbonyl (C=O) groups excluding carboxylic acids is 1. The summed E-state index contributed by atoms with van der Waals surface area (Å²) in [5.74, 6) is 1.93. The number of hydrogen-bond acceptors (Lipinski definition) is 2. The summed E-state index contributed by atoms with van der Waals surface area (Å²) in [6.07, 6.45) is 4.38. The van der Waals surface area contributed by atoms with Crippen molar-refractivity contribution in [3.63, 3.8) is 0 Å². The minimum Gasteiger partial charge on any atom is -0.496 e. The molecule has 0 bridgehead atoms. The van der Waals surface area contributed by atoms with Crippen LogP contribution in [0.5, 0.6) is 5.75 Å². The largest absolute Gasteiger partial charge is 0.496 e. The molecule has 0 spiro atoms. The van der Waals surface area contributed by atoms with E-state index >= 15 is 0 Å². The summed E-state index contributed by atoms with van der Waals surface area (Å²) in [6, 6.07) is 5.66. The molecule has 1 aromatic rings. The van der Waals surface area contributed by atoms with Crippen molar-refractivity contribution in [1.82, 2.24) is 0 Å². The highest BCUT2D eigenvalue weighted by Crippen LogP contribution is 2.34. The minimum atomic E-state index is 0.262. The Balaban J connectivity index is 2.01. The lowest BCUT2D eigenvalue weighted by molar-refractivity contribution is 0.0978. The molecule has 16 heavy (non-hydrogen) atoms. The molecular formula is C14H18O2. The third-order valence-electron chi connectivity index (χ3n) is 3.19. The number of hydrogen-bond donors (Lipinski definition) is 0. The standard InChI is InChI=1S/C14H18O2/c1-10-9-12(6-8-14(10)16-2)13(15)7-5-11-3-4-11/h6,8-9,11H,3-5,7H2,1-2H3. The van der Waals surface area contributed by atoms with E-state index < -0.39 is 0 Å². The van der Waals surface area contributed by atoms with Crippen molar-refractivity contribution in [2.75, 3.05) is 7.11 Å². The maximum Gasteiger partial charge on any atom is 0.162 e. The molecule has 2 nitrogen and oxygen atoms in total. The monoisotopic (exact) mass is 218 g/mol. The van der Waals surface area contributed by atoms with Crippen molar-refractivity contribution >= 4 is 5.78 Å². The van der Waals surface area contributed by atoms with E-state index in [1.54, 1.807) is 7.11 Å². The minimum absolute atomic E-state index is 0.262. The predicted octanol–water partition coefficient (Wildman–Crippen LogP) is 3.38. The Morgan fingerprint density at radius 1 is 1.44 bits per heavy atom. The second-order valence-electron chi connectivity index (χ2n) is 4.59. The topological polar surface area (TPSA) is 26.3 Å². The fourth-order valence-electron chi connectivity index (χ4n) is 1.94. The molecule has 2 rings (SSSR count). The molecule has 0 radical (unpaired) electrons. The van der Waals surface area contributed by atoms with Crippen LogP contribution in [0.15, 0.2) is 18.2 Å². The molecule has 0 atom stereocenters. The normalized spacial score (nSPS) is 14.9. The van der Waals surface area contributed by atoms with Crippen LogP contribution in [0.1, 0.15) is 41.6 Å². The van der Waals surface area contributed by atoms with Crippen LogP contribution in [-0.2, 0) is 0 Å². The Bertz CT molecular complexity index is 392. The zero-order valence-corrected chi connectivity index (χ0v) is 9.95. The number of rotatable bonds is 5. The zero-order valence-electron chi connectivity index (χ0n) is 9.95. The molecule has 0 unspecified atom stereocenters. The number of benzene rings is 1. The third kappa shape index (κ3) is 2.63. The lowest BCUT2D eigenvalue weighted by Crippen LogP contribution is -2.00. The molecular weight excluding hydrogens is 200 g/mol. The van der Waals surface area contributed by atoms with Gasteiger partial charge in [0.2, 0.25) is 0 Å². The average Bonchev–Trinajstić information content (AvgIpc) is 3.09. The second kappa shape index (κ2) is 4.69. The maximum absolute atomic E-state index is 11.9. The van der Waals surface area contributed by atoms with Crippen molar-refractivity contribution in [2.45, 2.75) is 32.6 Å². The molecule has 0 aromatic heterocycles. The van der Waals surface area contributed by atoms with Crippen LogP contribution >= 0.6 is 0 Å². The molecule has 0 N–H and O–H groups in total. The third-order valence-corrected chi connectivity index (χ3v) is 3.19. The summed E-state index contributed by atoms with van der Waals surface area (Å²) in [5, 5.41) is 0. The van der Waals surface area contributed by atoms with Gasteiger partial charge in [-0.05, 0) is 43.0 Å². The molecule has 0 amide bonds. The summed E-state index contributed by atoms with van der Waals surface area (Å²) in [5.41, 5.74) is 1.85. The van der Waals surface area contributed by atoms with Gasteiger partial charge in [-0.1, -0.05) is 12.8 Å². The van der Waals surface area contributed by atoms with Crippen molar-refractivity contribution in [1.29, 1.82) is 0 Å². The van der Waals surface area contributed by atoms with Crippen molar-refractivity contribution < 1.29 is 9.53 Å². The van der Waals surface area contributed by atoms with E-state index in [0.717, 1.165) is 29.2 Å². The molecule has 0 saturated heterocycles. The van der Waals surface area contributed by atoms with Gasteiger partial charge in [-0.15, -0.1) is 0 Å². The highest BCUT2D eigenvalue weighted by atomic mass is 16.5. The van der Waals surface area contributed by atoms with Crippen molar-refractivity contribution in [3.05, 3.63) is 29.3 Å².